The zero-order valence-electron chi connectivity index (χ0n) is 24.2. The number of carbonyl (C=O) groups excluding carboxylic acids is 2. The van der Waals surface area contributed by atoms with E-state index in [0.29, 0.717) is 11.4 Å². The van der Waals surface area contributed by atoms with E-state index in [0.717, 1.165) is 23.3 Å². The molecule has 0 aliphatic heterocycles. The number of fused-ring (bicyclic) bond motifs is 2. The van der Waals surface area contributed by atoms with Crippen molar-refractivity contribution in [3.05, 3.63) is 106 Å². The van der Waals surface area contributed by atoms with Crippen molar-refractivity contribution in [2.45, 2.75) is 52.4 Å². The zero-order valence-corrected chi connectivity index (χ0v) is 24.2. The van der Waals surface area contributed by atoms with E-state index in [-0.39, 0.29) is 22.2 Å². The second-order valence-corrected chi connectivity index (χ2v) is 12.5. The number of benzene rings is 4. The van der Waals surface area contributed by atoms with E-state index in [1.165, 1.54) is 0 Å². The van der Waals surface area contributed by atoms with Gasteiger partial charge in [0.2, 0.25) is 11.6 Å². The Morgan fingerprint density at radius 3 is 1.21 bits per heavy atom. The number of ketones is 2. The SMILES string of the molecule is CC(C)(C)c1ccccc1Nc1c(F)c2c(c(F)c1Nc1ccccc1C(C)(C)C)C(=O)c1c(O)ccc(O)c1C2=O. The molecule has 8 heteroatoms. The maximum absolute atomic E-state index is 16.7. The number of carbonyl (C=O) groups is 2. The van der Waals surface area contributed by atoms with Gasteiger partial charge in [-0.15, -0.1) is 0 Å². The van der Waals surface area contributed by atoms with Gasteiger partial charge in [0.25, 0.3) is 0 Å². The van der Waals surface area contributed by atoms with Gasteiger partial charge in [0.1, 0.15) is 22.9 Å². The Balaban J connectivity index is 1.82. The highest BCUT2D eigenvalue weighted by Gasteiger charge is 2.41. The molecule has 4 aromatic carbocycles. The van der Waals surface area contributed by atoms with Crippen molar-refractivity contribution in [3.63, 3.8) is 0 Å². The number of halogens is 2. The molecule has 0 heterocycles. The molecule has 1 aliphatic rings. The molecule has 1 aliphatic carbocycles. The van der Waals surface area contributed by atoms with Crippen LogP contribution in [0.5, 0.6) is 11.5 Å². The summed E-state index contributed by atoms with van der Waals surface area (Å²) in [6.45, 7) is 11.9. The van der Waals surface area contributed by atoms with Gasteiger partial charge >= 0.3 is 0 Å². The van der Waals surface area contributed by atoms with E-state index < -0.39 is 57.0 Å². The van der Waals surface area contributed by atoms with Crippen molar-refractivity contribution < 1.29 is 28.6 Å². The van der Waals surface area contributed by atoms with Gasteiger partial charge in [0.05, 0.1) is 22.3 Å². The van der Waals surface area contributed by atoms with Crippen LogP contribution in [0.1, 0.15) is 84.5 Å². The minimum atomic E-state index is -1.17. The first-order valence-electron chi connectivity index (χ1n) is 13.5. The number of phenols is 2. The largest absolute Gasteiger partial charge is 0.507 e. The molecule has 0 saturated carbocycles. The van der Waals surface area contributed by atoms with E-state index in [1.54, 1.807) is 24.3 Å². The number of aromatic hydroxyl groups is 2. The number of rotatable bonds is 4. The molecule has 4 N–H and O–H groups in total. The van der Waals surface area contributed by atoms with E-state index in [2.05, 4.69) is 10.6 Å². The topological polar surface area (TPSA) is 98.7 Å². The van der Waals surface area contributed by atoms with Crippen molar-refractivity contribution in [2.24, 2.45) is 0 Å². The van der Waals surface area contributed by atoms with E-state index in [4.69, 9.17) is 0 Å². The molecule has 0 fully saturated rings. The maximum atomic E-state index is 16.7. The Bertz CT molecular complexity index is 1650. The highest BCUT2D eigenvalue weighted by Crippen LogP contribution is 2.46. The molecular weight excluding hydrogens is 538 g/mol. The van der Waals surface area contributed by atoms with Crippen molar-refractivity contribution >= 4 is 34.3 Å². The van der Waals surface area contributed by atoms with Crippen LogP contribution < -0.4 is 10.6 Å². The molecule has 5 rings (SSSR count). The summed E-state index contributed by atoms with van der Waals surface area (Å²) in [5, 5.41) is 26.9. The van der Waals surface area contributed by atoms with Crippen LogP contribution in [0.2, 0.25) is 0 Å². The lowest BCUT2D eigenvalue weighted by Crippen LogP contribution is -2.26. The van der Waals surface area contributed by atoms with Crippen molar-refractivity contribution in [1.82, 2.24) is 0 Å². The number of nitrogens with one attached hydrogen (secondary N) is 2. The molecule has 0 radical (unpaired) electrons. The lowest BCUT2D eigenvalue weighted by atomic mass is 9.81. The molecule has 0 spiro atoms. The normalized spacial score (nSPS) is 13.0. The van der Waals surface area contributed by atoms with E-state index >= 15 is 8.78 Å². The fourth-order valence-electron chi connectivity index (χ4n) is 5.40. The number of hydrogen-bond acceptors (Lipinski definition) is 6. The molecule has 0 amide bonds. The molecule has 0 atom stereocenters. The molecular formula is C34H32F2N2O4. The molecule has 0 saturated heterocycles. The molecule has 0 unspecified atom stereocenters. The van der Waals surface area contributed by atoms with Crippen LogP contribution >= 0.6 is 0 Å². The van der Waals surface area contributed by atoms with Crippen molar-refractivity contribution in [3.8, 4) is 11.5 Å². The minimum absolute atomic E-state index is 0.379. The van der Waals surface area contributed by atoms with Gasteiger partial charge in [0, 0.05) is 11.4 Å². The maximum Gasteiger partial charge on any atom is 0.201 e. The summed E-state index contributed by atoms with van der Waals surface area (Å²) in [7, 11) is 0. The summed E-state index contributed by atoms with van der Waals surface area (Å²) < 4.78 is 33.4. The quantitative estimate of drug-likeness (QED) is 0.163. The summed E-state index contributed by atoms with van der Waals surface area (Å²) in [4.78, 5) is 27.2. The second kappa shape index (κ2) is 9.98. The Morgan fingerprint density at radius 1 is 0.548 bits per heavy atom. The molecule has 6 nitrogen and oxygen atoms in total. The molecule has 4 aromatic rings. The summed E-state index contributed by atoms with van der Waals surface area (Å²) in [6, 6.07) is 16.4. The lowest BCUT2D eigenvalue weighted by molar-refractivity contribution is 0.0967. The standard InChI is InChI=1S/C34H32F2N2O4/c1-33(2,3)17-11-7-9-13-19(17)37-29-27(35)25-26(32(42)24-22(40)16-15-21(39)23(24)31(25)41)28(36)30(29)38-20-14-10-8-12-18(20)34(4,5)6/h7-16,37-40H,1-6H3. The van der Waals surface area contributed by atoms with Crippen LogP contribution in [-0.2, 0) is 10.8 Å². The number of anilines is 4. The number of para-hydroxylation sites is 2. The molecule has 0 bridgehead atoms. The van der Waals surface area contributed by atoms with Crippen LogP contribution in [0.3, 0.4) is 0 Å². The first kappa shape index (κ1) is 28.8. The number of hydrogen-bond donors (Lipinski definition) is 4. The van der Waals surface area contributed by atoms with Gasteiger partial charge < -0.3 is 20.8 Å². The smallest absolute Gasteiger partial charge is 0.201 e. The van der Waals surface area contributed by atoms with Gasteiger partial charge in [-0.25, -0.2) is 8.78 Å². The van der Waals surface area contributed by atoms with Gasteiger partial charge in [-0.1, -0.05) is 77.9 Å². The van der Waals surface area contributed by atoms with E-state index in [9.17, 15) is 19.8 Å². The third kappa shape index (κ3) is 4.66. The lowest BCUT2D eigenvalue weighted by Gasteiger charge is -2.28. The third-order valence-electron chi connectivity index (χ3n) is 7.44. The van der Waals surface area contributed by atoms with Crippen LogP contribution in [0.25, 0.3) is 0 Å². The second-order valence-electron chi connectivity index (χ2n) is 12.5. The van der Waals surface area contributed by atoms with Crippen LogP contribution in [0, 0.1) is 11.6 Å². The predicted molar refractivity (Wildman–Crippen MR) is 160 cm³/mol. The highest BCUT2D eigenvalue weighted by molar-refractivity contribution is 6.31. The molecule has 0 aromatic heterocycles. The summed E-state index contributed by atoms with van der Waals surface area (Å²) in [6.07, 6.45) is 0. The van der Waals surface area contributed by atoms with Crippen LogP contribution in [0.15, 0.2) is 60.7 Å². The molecule has 216 valence electrons. The Morgan fingerprint density at radius 2 is 0.881 bits per heavy atom. The fraction of sp³-hybridized carbons (Fsp3) is 0.235. The van der Waals surface area contributed by atoms with Crippen molar-refractivity contribution in [2.75, 3.05) is 10.6 Å². The predicted octanol–water partition coefficient (Wildman–Crippen LogP) is 8.23. The Hall–Kier alpha value is -4.72. The van der Waals surface area contributed by atoms with Crippen LogP contribution in [0.4, 0.5) is 31.5 Å². The third-order valence-corrected chi connectivity index (χ3v) is 7.44. The monoisotopic (exact) mass is 570 g/mol. The molecule has 42 heavy (non-hydrogen) atoms. The van der Waals surface area contributed by atoms with Gasteiger partial charge in [-0.05, 0) is 46.2 Å². The summed E-state index contributed by atoms with van der Waals surface area (Å²) >= 11 is 0. The van der Waals surface area contributed by atoms with Gasteiger partial charge in [-0.2, -0.15) is 0 Å². The average molecular weight is 571 g/mol. The summed E-state index contributed by atoms with van der Waals surface area (Å²) in [5.74, 6) is -5.81. The van der Waals surface area contributed by atoms with Gasteiger partial charge in [-0.3, -0.25) is 9.59 Å². The minimum Gasteiger partial charge on any atom is -0.507 e. The van der Waals surface area contributed by atoms with E-state index in [1.807, 2.05) is 65.8 Å². The van der Waals surface area contributed by atoms with Crippen molar-refractivity contribution in [1.29, 1.82) is 0 Å². The number of phenolic OH excluding ortho intramolecular Hbond substituents is 2. The van der Waals surface area contributed by atoms with Crippen LogP contribution in [-0.4, -0.2) is 21.8 Å². The first-order chi connectivity index (χ1) is 19.6. The fourth-order valence-corrected chi connectivity index (χ4v) is 5.40. The zero-order chi connectivity index (χ0) is 30.7. The average Bonchev–Trinajstić information content (AvgIpc) is 2.91. The first-order valence-corrected chi connectivity index (χ1v) is 13.5. The summed E-state index contributed by atoms with van der Waals surface area (Å²) in [5.41, 5.74) is -1.76. The Kier molecular flexibility index (Phi) is 6.84. The van der Waals surface area contributed by atoms with Gasteiger partial charge in [0.15, 0.2) is 11.6 Å². The Labute approximate surface area is 243 Å². The highest BCUT2D eigenvalue weighted by atomic mass is 19.1.